The van der Waals surface area contributed by atoms with Crippen molar-refractivity contribution in [3.8, 4) is 0 Å². The average molecular weight is 332 g/mol. The zero-order valence-corrected chi connectivity index (χ0v) is 15.4. The van der Waals surface area contributed by atoms with Gasteiger partial charge in [0.15, 0.2) is 0 Å². The van der Waals surface area contributed by atoms with E-state index >= 15 is 0 Å². The molecule has 1 heterocycles. The number of hydrogen-bond acceptors (Lipinski definition) is 6. The number of carbonyl (C=O) groups is 2. The van der Waals surface area contributed by atoms with Crippen LogP contribution in [0, 0.1) is 11.3 Å². The molecule has 1 saturated heterocycles. The normalized spacial score (nSPS) is 21.1. The minimum Gasteiger partial charge on any atom is -0.393 e. The fourth-order valence-corrected chi connectivity index (χ4v) is 5.97. The van der Waals surface area contributed by atoms with Crippen LogP contribution < -0.4 is 0 Å². The zero-order valence-electron chi connectivity index (χ0n) is 14.4. The Balaban J connectivity index is 2.90. The van der Waals surface area contributed by atoms with Crippen LogP contribution in [0.15, 0.2) is 0 Å². The molecule has 1 fully saturated rings. The van der Waals surface area contributed by atoms with Crippen LogP contribution in [0.3, 0.4) is 0 Å². The minimum absolute atomic E-state index is 0.0394. The third-order valence-corrected chi connectivity index (χ3v) is 6.99. The summed E-state index contributed by atoms with van der Waals surface area (Å²) in [7, 11) is -2.93. The van der Waals surface area contributed by atoms with E-state index in [-0.39, 0.29) is 11.8 Å². The Hall–Kier alpha value is -0.763. The van der Waals surface area contributed by atoms with Crippen LogP contribution in [0.2, 0.25) is 6.04 Å². The quantitative estimate of drug-likeness (QED) is 0.386. The number of esters is 2. The first-order valence-electron chi connectivity index (χ1n) is 7.82. The van der Waals surface area contributed by atoms with Gasteiger partial charge in [-0.15, -0.1) is 0 Å². The summed E-state index contributed by atoms with van der Waals surface area (Å²) in [5.41, 5.74) is -0.0394. The van der Waals surface area contributed by atoms with Gasteiger partial charge in [-0.25, -0.2) is 0 Å². The van der Waals surface area contributed by atoms with E-state index in [1.54, 1.807) is 6.92 Å². The fraction of sp³-hybridized carbons (Fsp3) is 0.867. The highest BCUT2D eigenvalue weighted by Gasteiger charge is 2.49. The van der Waals surface area contributed by atoms with Crippen LogP contribution in [0.4, 0.5) is 0 Å². The van der Waals surface area contributed by atoms with E-state index in [0.29, 0.717) is 19.3 Å². The lowest BCUT2D eigenvalue weighted by molar-refractivity contribution is -0.154. The Morgan fingerprint density at radius 1 is 1.23 bits per heavy atom. The smallest absolute Gasteiger partial charge is 0.393 e. The minimum atomic E-state index is -2.93. The first kappa shape index (κ1) is 19.3. The molecule has 0 bridgehead atoms. The molecule has 0 aliphatic carbocycles. The molecule has 0 radical (unpaired) electrons. The lowest BCUT2D eigenvalue weighted by atomic mass is 10.0. The van der Waals surface area contributed by atoms with Crippen LogP contribution in [0.1, 0.15) is 48.0 Å². The molecule has 1 aliphatic heterocycles. The first-order chi connectivity index (χ1) is 10.1. The molecular formula is C15H28O6Si. The monoisotopic (exact) mass is 332 g/mol. The van der Waals surface area contributed by atoms with Crippen molar-refractivity contribution in [2.45, 2.75) is 60.1 Å². The van der Waals surface area contributed by atoms with Gasteiger partial charge in [-0.3, -0.25) is 9.59 Å². The predicted octanol–water partition coefficient (Wildman–Crippen LogP) is 2.54. The second-order valence-electron chi connectivity index (χ2n) is 6.71. The highest BCUT2D eigenvalue weighted by atomic mass is 28.4. The van der Waals surface area contributed by atoms with Crippen LogP contribution in [0.25, 0.3) is 0 Å². The third-order valence-electron chi connectivity index (χ3n) is 3.31. The lowest BCUT2D eigenvalue weighted by Gasteiger charge is -2.36. The van der Waals surface area contributed by atoms with Gasteiger partial charge < -0.3 is 18.0 Å². The molecule has 22 heavy (non-hydrogen) atoms. The highest BCUT2D eigenvalue weighted by molar-refractivity contribution is 6.61. The number of hydrogen-bond donors (Lipinski definition) is 0. The van der Waals surface area contributed by atoms with Crippen molar-refractivity contribution in [3.05, 3.63) is 0 Å². The van der Waals surface area contributed by atoms with Gasteiger partial charge in [-0.2, -0.15) is 0 Å². The van der Waals surface area contributed by atoms with Crippen molar-refractivity contribution in [3.63, 3.8) is 0 Å². The Kier molecular flexibility index (Phi) is 6.73. The van der Waals surface area contributed by atoms with Crippen LogP contribution in [0.5, 0.6) is 0 Å². The van der Waals surface area contributed by atoms with Gasteiger partial charge in [0, 0.05) is 19.3 Å². The number of ether oxygens (including phenoxy) is 1. The van der Waals surface area contributed by atoms with Crippen molar-refractivity contribution in [1.82, 2.24) is 0 Å². The van der Waals surface area contributed by atoms with E-state index < -0.39 is 32.8 Å². The summed E-state index contributed by atoms with van der Waals surface area (Å²) in [6, 6.07) is 0.641. The predicted molar refractivity (Wildman–Crippen MR) is 83.0 cm³/mol. The summed E-state index contributed by atoms with van der Waals surface area (Å²) in [5.74, 6) is -1.61. The second kappa shape index (κ2) is 7.67. The molecule has 0 aromatic heterocycles. The molecule has 128 valence electrons. The molecule has 0 N–H and O–H groups in total. The van der Waals surface area contributed by atoms with Gasteiger partial charge in [-0.05, 0) is 26.2 Å². The zero-order chi connectivity index (χ0) is 17.0. The standard InChI is InChI=1S/C15H28O6Si/c1-7-18-22(19-8-2,10-15(4,5)6)21-11(3)12-9-13(16)20-14(12)17/h11-12H,7-10H2,1-6H3. The van der Waals surface area contributed by atoms with E-state index in [1.165, 1.54) is 0 Å². The van der Waals surface area contributed by atoms with E-state index in [2.05, 4.69) is 25.5 Å². The maximum absolute atomic E-state index is 11.7. The van der Waals surface area contributed by atoms with Gasteiger partial charge in [0.25, 0.3) is 0 Å². The summed E-state index contributed by atoms with van der Waals surface area (Å²) >= 11 is 0. The SMILES string of the molecule is CCO[Si](CC(C)(C)C)(OCC)OC(C)C1CC(=O)OC1=O. The van der Waals surface area contributed by atoms with E-state index in [1.807, 2.05) is 13.8 Å². The van der Waals surface area contributed by atoms with Crippen molar-refractivity contribution in [2.24, 2.45) is 11.3 Å². The van der Waals surface area contributed by atoms with Crippen LogP contribution in [-0.4, -0.2) is 40.1 Å². The van der Waals surface area contributed by atoms with Gasteiger partial charge in [-0.1, -0.05) is 20.8 Å². The van der Waals surface area contributed by atoms with E-state index in [4.69, 9.17) is 13.3 Å². The fourth-order valence-electron chi connectivity index (χ4n) is 2.56. The summed E-state index contributed by atoms with van der Waals surface area (Å²) in [5, 5.41) is 0. The molecule has 0 spiro atoms. The van der Waals surface area contributed by atoms with Crippen molar-refractivity contribution < 1.29 is 27.6 Å². The number of cyclic esters (lactones) is 2. The van der Waals surface area contributed by atoms with Crippen molar-refractivity contribution >= 4 is 20.7 Å². The summed E-state index contributed by atoms with van der Waals surface area (Å²) in [6.07, 6.45) is -0.427. The Morgan fingerprint density at radius 3 is 2.14 bits per heavy atom. The van der Waals surface area contributed by atoms with Gasteiger partial charge in [0.1, 0.15) is 0 Å². The Bertz CT molecular complexity index is 397. The Labute approximate surface area is 133 Å². The topological polar surface area (TPSA) is 71.1 Å². The first-order valence-corrected chi connectivity index (χ1v) is 9.76. The average Bonchev–Trinajstić information content (AvgIpc) is 2.66. The summed E-state index contributed by atoms with van der Waals surface area (Å²) in [6.45, 7) is 12.8. The lowest BCUT2D eigenvalue weighted by Crippen LogP contribution is -2.51. The second-order valence-corrected chi connectivity index (χ2v) is 9.25. The highest BCUT2D eigenvalue weighted by Crippen LogP contribution is 2.33. The van der Waals surface area contributed by atoms with Gasteiger partial charge in [0.05, 0.1) is 18.4 Å². The molecule has 7 heteroatoms. The van der Waals surface area contributed by atoms with Crippen molar-refractivity contribution in [1.29, 1.82) is 0 Å². The number of carbonyl (C=O) groups excluding carboxylic acids is 2. The Morgan fingerprint density at radius 2 is 1.77 bits per heavy atom. The number of rotatable bonds is 8. The molecule has 0 aromatic carbocycles. The maximum Gasteiger partial charge on any atom is 0.501 e. The van der Waals surface area contributed by atoms with Crippen molar-refractivity contribution in [2.75, 3.05) is 13.2 Å². The molecule has 0 amide bonds. The molecule has 2 atom stereocenters. The molecular weight excluding hydrogens is 304 g/mol. The molecule has 0 saturated carbocycles. The summed E-state index contributed by atoms with van der Waals surface area (Å²) in [4.78, 5) is 23.0. The summed E-state index contributed by atoms with van der Waals surface area (Å²) < 4.78 is 22.5. The molecule has 2 unspecified atom stereocenters. The molecule has 6 nitrogen and oxygen atoms in total. The maximum atomic E-state index is 11.7. The largest absolute Gasteiger partial charge is 0.501 e. The van der Waals surface area contributed by atoms with E-state index in [0.717, 1.165) is 0 Å². The van der Waals surface area contributed by atoms with Gasteiger partial charge >= 0.3 is 20.7 Å². The van der Waals surface area contributed by atoms with Gasteiger partial charge in [0.2, 0.25) is 0 Å². The van der Waals surface area contributed by atoms with Crippen LogP contribution >= 0.6 is 0 Å². The van der Waals surface area contributed by atoms with Crippen LogP contribution in [-0.2, 0) is 27.6 Å². The molecule has 1 aliphatic rings. The van der Waals surface area contributed by atoms with E-state index in [9.17, 15) is 9.59 Å². The third kappa shape index (κ3) is 5.46. The molecule has 1 rings (SSSR count). The molecule has 0 aromatic rings.